The normalized spacial score (nSPS) is 12.0. The van der Waals surface area contributed by atoms with Gasteiger partial charge in [-0.2, -0.15) is 0 Å². The second-order valence-electron chi connectivity index (χ2n) is 11.8. The molecule has 0 unspecified atom stereocenters. The SMILES string of the molecule is c1ccc(-c2cccc(-n3c4cccc5oc6cccc7c6c6c(c54)c3ccc6n7-c3cccc(-c4ccccc4)c3)c2)cc1. The van der Waals surface area contributed by atoms with Gasteiger partial charge in [0.25, 0.3) is 0 Å². The molecule has 0 spiro atoms. The molecule has 45 heavy (non-hydrogen) atoms. The first-order valence-electron chi connectivity index (χ1n) is 15.4. The van der Waals surface area contributed by atoms with Crippen molar-refractivity contribution in [2.45, 2.75) is 0 Å². The van der Waals surface area contributed by atoms with E-state index in [9.17, 15) is 0 Å². The predicted molar refractivity (Wildman–Crippen MR) is 187 cm³/mol. The van der Waals surface area contributed by atoms with Crippen molar-refractivity contribution in [1.29, 1.82) is 0 Å². The van der Waals surface area contributed by atoms with Crippen LogP contribution in [0.5, 0.6) is 0 Å². The molecule has 210 valence electrons. The van der Waals surface area contributed by atoms with Crippen LogP contribution < -0.4 is 0 Å². The third kappa shape index (κ3) is 3.46. The lowest BCUT2D eigenvalue weighted by Crippen LogP contribution is -1.95. The van der Waals surface area contributed by atoms with Gasteiger partial charge in [0.05, 0.1) is 32.8 Å². The van der Waals surface area contributed by atoms with Crippen molar-refractivity contribution < 1.29 is 4.42 Å². The summed E-state index contributed by atoms with van der Waals surface area (Å²) in [5.41, 5.74) is 13.5. The van der Waals surface area contributed by atoms with Crippen LogP contribution in [0.2, 0.25) is 0 Å². The van der Waals surface area contributed by atoms with Crippen LogP contribution in [0.1, 0.15) is 0 Å². The number of nitrogens with zero attached hydrogens (tertiary/aromatic N) is 2. The molecular formula is C42H26N2O. The maximum Gasteiger partial charge on any atom is 0.137 e. The van der Waals surface area contributed by atoms with E-state index in [0.29, 0.717) is 0 Å². The van der Waals surface area contributed by atoms with Gasteiger partial charge in [-0.15, -0.1) is 0 Å². The average molecular weight is 575 g/mol. The fraction of sp³-hybridized carbons (Fsp3) is 0. The fourth-order valence-electron chi connectivity index (χ4n) is 7.39. The first-order chi connectivity index (χ1) is 22.3. The molecule has 0 bridgehead atoms. The van der Waals surface area contributed by atoms with E-state index in [1.54, 1.807) is 0 Å². The van der Waals surface area contributed by atoms with Gasteiger partial charge >= 0.3 is 0 Å². The van der Waals surface area contributed by atoms with Crippen LogP contribution in [0.3, 0.4) is 0 Å². The Kier molecular flexibility index (Phi) is 5.00. The van der Waals surface area contributed by atoms with E-state index >= 15 is 0 Å². The summed E-state index contributed by atoms with van der Waals surface area (Å²) in [7, 11) is 0. The average Bonchev–Trinajstić information content (AvgIpc) is 3.57. The van der Waals surface area contributed by atoms with E-state index in [1.165, 1.54) is 44.1 Å². The maximum atomic E-state index is 6.81. The third-order valence-corrected chi connectivity index (χ3v) is 9.28. The molecule has 0 saturated heterocycles. The highest BCUT2D eigenvalue weighted by Crippen LogP contribution is 2.46. The highest BCUT2D eigenvalue weighted by Gasteiger charge is 2.24. The minimum atomic E-state index is 0.893. The van der Waals surface area contributed by atoms with Gasteiger partial charge in [-0.25, -0.2) is 0 Å². The summed E-state index contributed by atoms with van der Waals surface area (Å²) in [4.78, 5) is 0. The highest BCUT2D eigenvalue weighted by molar-refractivity contribution is 6.34. The van der Waals surface area contributed by atoms with Gasteiger partial charge in [-0.1, -0.05) is 97.1 Å². The fourth-order valence-corrected chi connectivity index (χ4v) is 7.39. The number of benzene rings is 7. The van der Waals surface area contributed by atoms with Crippen LogP contribution in [-0.4, -0.2) is 9.13 Å². The highest BCUT2D eigenvalue weighted by atomic mass is 16.3. The Morgan fingerprint density at radius 1 is 0.311 bits per heavy atom. The van der Waals surface area contributed by atoms with Crippen LogP contribution in [0.4, 0.5) is 0 Å². The summed E-state index contributed by atoms with van der Waals surface area (Å²) in [6, 6.07) is 56.3. The monoisotopic (exact) mass is 574 g/mol. The van der Waals surface area contributed by atoms with Crippen LogP contribution in [0.25, 0.3) is 88.4 Å². The third-order valence-electron chi connectivity index (χ3n) is 9.28. The number of aromatic nitrogens is 2. The van der Waals surface area contributed by atoms with E-state index in [1.807, 2.05) is 0 Å². The zero-order valence-electron chi connectivity index (χ0n) is 24.3. The summed E-state index contributed by atoms with van der Waals surface area (Å²) < 4.78 is 11.6. The molecular weight excluding hydrogens is 548 g/mol. The van der Waals surface area contributed by atoms with E-state index < -0.39 is 0 Å². The molecule has 3 heterocycles. The molecule has 0 aliphatic rings. The predicted octanol–water partition coefficient (Wildman–Crippen LogP) is 11.4. The standard InChI is InChI=1S/C42H26N2O/c1-3-11-27(12-4-1)29-15-7-17-31(25-29)43-33-19-9-21-37-39(33)41-35(43)23-24-36-42(41)40-34(20-10-22-38(40)45-37)44(36)32-18-8-16-30(26-32)28-13-5-2-6-14-28/h1-26H. The van der Waals surface area contributed by atoms with Gasteiger partial charge in [0.15, 0.2) is 0 Å². The Hall–Kier alpha value is -6.06. The van der Waals surface area contributed by atoms with Crippen LogP contribution in [0.15, 0.2) is 162 Å². The molecule has 7 aromatic carbocycles. The second-order valence-corrected chi connectivity index (χ2v) is 11.8. The van der Waals surface area contributed by atoms with Gasteiger partial charge < -0.3 is 13.6 Å². The summed E-state index contributed by atoms with van der Waals surface area (Å²) in [6.45, 7) is 0. The van der Waals surface area contributed by atoms with Crippen LogP contribution in [0, 0.1) is 0 Å². The van der Waals surface area contributed by atoms with E-state index in [2.05, 4.69) is 167 Å². The van der Waals surface area contributed by atoms with Gasteiger partial charge in [-0.05, 0) is 82.9 Å². The number of rotatable bonds is 4. The van der Waals surface area contributed by atoms with Crippen molar-refractivity contribution in [3.05, 3.63) is 158 Å². The topological polar surface area (TPSA) is 23.0 Å². The Morgan fingerprint density at radius 2 is 0.711 bits per heavy atom. The molecule has 0 atom stereocenters. The van der Waals surface area contributed by atoms with Crippen molar-refractivity contribution in [1.82, 2.24) is 9.13 Å². The van der Waals surface area contributed by atoms with E-state index in [4.69, 9.17) is 4.42 Å². The van der Waals surface area contributed by atoms with Crippen LogP contribution >= 0.6 is 0 Å². The molecule has 0 amide bonds. The van der Waals surface area contributed by atoms with Crippen molar-refractivity contribution in [2.24, 2.45) is 0 Å². The van der Waals surface area contributed by atoms with Gasteiger partial charge in [-0.3, -0.25) is 0 Å². The molecule has 3 heteroatoms. The van der Waals surface area contributed by atoms with E-state index in [-0.39, 0.29) is 0 Å². The largest absolute Gasteiger partial charge is 0.456 e. The minimum absolute atomic E-state index is 0.893. The quantitative estimate of drug-likeness (QED) is 0.205. The molecule has 10 rings (SSSR count). The summed E-state index contributed by atoms with van der Waals surface area (Å²) in [5, 5.41) is 4.76. The van der Waals surface area contributed by atoms with Crippen molar-refractivity contribution in [3.63, 3.8) is 0 Å². The Morgan fingerprint density at radius 3 is 1.18 bits per heavy atom. The summed E-state index contributed by atoms with van der Waals surface area (Å²) in [5.74, 6) is 0. The number of hydrogen-bond donors (Lipinski definition) is 0. The lowest BCUT2D eigenvalue weighted by molar-refractivity contribution is 0.664. The molecule has 0 aliphatic carbocycles. The second kappa shape index (κ2) is 9.22. The Bertz CT molecular complexity index is 2500. The lowest BCUT2D eigenvalue weighted by atomic mass is 10.0. The van der Waals surface area contributed by atoms with Crippen molar-refractivity contribution in [2.75, 3.05) is 0 Å². The molecule has 0 fully saturated rings. The smallest absolute Gasteiger partial charge is 0.137 e. The summed E-state index contributed by atoms with van der Waals surface area (Å²) >= 11 is 0. The maximum absolute atomic E-state index is 6.81. The zero-order chi connectivity index (χ0) is 29.5. The first-order valence-corrected chi connectivity index (χ1v) is 15.4. The molecule has 0 radical (unpaired) electrons. The van der Waals surface area contributed by atoms with Gasteiger partial charge in [0.1, 0.15) is 11.2 Å². The minimum Gasteiger partial charge on any atom is -0.456 e. The summed E-state index contributed by atoms with van der Waals surface area (Å²) in [6.07, 6.45) is 0. The number of hydrogen-bond acceptors (Lipinski definition) is 1. The van der Waals surface area contributed by atoms with Crippen molar-refractivity contribution in [3.8, 4) is 33.6 Å². The van der Waals surface area contributed by atoms with Crippen LogP contribution in [-0.2, 0) is 0 Å². The van der Waals surface area contributed by atoms with E-state index in [0.717, 1.165) is 44.3 Å². The molecule has 0 aliphatic heterocycles. The van der Waals surface area contributed by atoms with Gasteiger partial charge in [0.2, 0.25) is 0 Å². The van der Waals surface area contributed by atoms with Gasteiger partial charge in [0, 0.05) is 22.1 Å². The molecule has 10 aromatic rings. The molecule has 0 saturated carbocycles. The first kappa shape index (κ1) is 24.4. The Balaban J connectivity index is 1.32. The lowest BCUT2D eigenvalue weighted by Gasteiger charge is -2.11. The molecule has 3 nitrogen and oxygen atoms in total. The zero-order valence-corrected chi connectivity index (χ0v) is 24.3. The molecule has 3 aromatic heterocycles. The molecule has 0 N–H and O–H groups in total. The Labute approximate surface area is 259 Å². The van der Waals surface area contributed by atoms with Crippen molar-refractivity contribution >= 4 is 54.8 Å².